The number of rotatable bonds is 6. The number of nitrogens with zero attached hydrogens (tertiary/aromatic N) is 3. The van der Waals surface area contributed by atoms with Crippen molar-refractivity contribution in [1.82, 2.24) is 14.7 Å². The van der Waals surface area contributed by atoms with Gasteiger partial charge in [-0.2, -0.15) is 13.2 Å². The molecule has 2 aromatic rings. The summed E-state index contributed by atoms with van der Waals surface area (Å²) in [6.45, 7) is 8.60. The predicted octanol–water partition coefficient (Wildman–Crippen LogP) is 6.24. The highest BCUT2D eigenvalue weighted by Gasteiger charge is 2.37. The van der Waals surface area contributed by atoms with Crippen molar-refractivity contribution in [1.29, 1.82) is 0 Å². The Labute approximate surface area is 211 Å². The molecule has 2 aromatic carbocycles. The molecule has 196 valence electrons. The van der Waals surface area contributed by atoms with Gasteiger partial charge in [-0.25, -0.2) is 4.79 Å². The zero-order valence-corrected chi connectivity index (χ0v) is 21.7. The molecule has 0 bridgehead atoms. The molecule has 0 aromatic heterocycles. The standard InChI is InChI=1S/C28H36F3N3O2/c1-6-20-15-22(17-23(16-20)28(29,30)31)19(4)32(5)27(36)34-14-13-33(26(35)8-3)18-25(34)24-12-10-9-11-21(24)7-2/h9-12,15-17,19,25H,6-8,13-14,18H2,1-5H3/t19?,25-/m1/s1. The first-order valence-electron chi connectivity index (χ1n) is 12.6. The SMILES string of the molecule is CCC(=O)N1CCN(C(=O)N(C)C(C)c2cc(CC)cc(C(F)(F)F)c2)[C@@H](c2ccccc2CC)C1. The van der Waals surface area contributed by atoms with Crippen LogP contribution in [0.4, 0.5) is 18.0 Å². The van der Waals surface area contributed by atoms with Crippen LogP contribution < -0.4 is 0 Å². The smallest absolute Gasteiger partial charge is 0.339 e. The monoisotopic (exact) mass is 503 g/mol. The highest BCUT2D eigenvalue weighted by molar-refractivity contribution is 5.78. The summed E-state index contributed by atoms with van der Waals surface area (Å²) in [6, 6.07) is 10.8. The molecule has 0 radical (unpaired) electrons. The van der Waals surface area contributed by atoms with Crippen molar-refractivity contribution >= 4 is 11.9 Å². The van der Waals surface area contributed by atoms with E-state index in [1.165, 1.54) is 11.0 Å². The minimum absolute atomic E-state index is 0.0406. The van der Waals surface area contributed by atoms with Crippen molar-refractivity contribution in [2.45, 2.75) is 65.2 Å². The molecule has 0 spiro atoms. The molecule has 0 saturated carbocycles. The van der Waals surface area contributed by atoms with Crippen molar-refractivity contribution in [2.75, 3.05) is 26.7 Å². The summed E-state index contributed by atoms with van der Waals surface area (Å²) >= 11 is 0. The fourth-order valence-corrected chi connectivity index (χ4v) is 4.83. The van der Waals surface area contributed by atoms with E-state index < -0.39 is 17.8 Å². The number of hydrogen-bond acceptors (Lipinski definition) is 2. The number of urea groups is 1. The lowest BCUT2D eigenvalue weighted by molar-refractivity contribution is -0.137. The van der Waals surface area contributed by atoms with Crippen LogP contribution in [0.2, 0.25) is 0 Å². The highest BCUT2D eigenvalue weighted by Crippen LogP contribution is 2.35. The van der Waals surface area contributed by atoms with Crippen LogP contribution in [0.3, 0.4) is 0 Å². The van der Waals surface area contributed by atoms with E-state index in [4.69, 9.17) is 0 Å². The third-order valence-electron chi connectivity index (χ3n) is 7.19. The quantitative estimate of drug-likeness (QED) is 0.469. The molecule has 0 N–H and O–H groups in total. The largest absolute Gasteiger partial charge is 0.416 e. The molecule has 36 heavy (non-hydrogen) atoms. The lowest BCUT2D eigenvalue weighted by atomic mass is 9.95. The molecule has 1 fully saturated rings. The number of benzene rings is 2. The maximum Gasteiger partial charge on any atom is 0.416 e. The number of amides is 3. The van der Waals surface area contributed by atoms with Gasteiger partial charge in [0.15, 0.2) is 0 Å². The van der Waals surface area contributed by atoms with Crippen LogP contribution in [-0.4, -0.2) is 53.3 Å². The Hall–Kier alpha value is -3.03. The molecular weight excluding hydrogens is 467 g/mol. The van der Waals surface area contributed by atoms with Crippen molar-refractivity contribution < 1.29 is 22.8 Å². The first-order chi connectivity index (χ1) is 17.0. The Balaban J connectivity index is 1.94. The van der Waals surface area contributed by atoms with Gasteiger partial charge in [0, 0.05) is 33.1 Å². The number of aryl methyl sites for hydroxylation is 2. The molecule has 8 heteroatoms. The molecule has 5 nitrogen and oxygen atoms in total. The van der Waals surface area contributed by atoms with Crippen molar-refractivity contribution in [2.24, 2.45) is 0 Å². The maximum absolute atomic E-state index is 13.8. The second kappa shape index (κ2) is 11.4. The van der Waals surface area contributed by atoms with Gasteiger partial charge in [0.25, 0.3) is 0 Å². The Morgan fingerprint density at radius 1 is 1.06 bits per heavy atom. The van der Waals surface area contributed by atoms with E-state index in [2.05, 4.69) is 6.92 Å². The maximum atomic E-state index is 13.8. The molecular formula is C28H36F3N3O2. The van der Waals surface area contributed by atoms with Gasteiger partial charge in [0.05, 0.1) is 17.6 Å². The van der Waals surface area contributed by atoms with E-state index in [1.807, 2.05) is 38.1 Å². The van der Waals surface area contributed by atoms with E-state index in [0.717, 1.165) is 23.6 Å². The predicted molar refractivity (Wildman–Crippen MR) is 135 cm³/mol. The third kappa shape index (κ3) is 5.85. The number of halogens is 3. The van der Waals surface area contributed by atoms with Crippen molar-refractivity contribution in [3.05, 3.63) is 70.3 Å². The Kier molecular flexibility index (Phi) is 8.69. The number of carbonyl (C=O) groups is 2. The van der Waals surface area contributed by atoms with Gasteiger partial charge < -0.3 is 14.7 Å². The van der Waals surface area contributed by atoms with Gasteiger partial charge in [-0.05, 0) is 54.2 Å². The van der Waals surface area contributed by atoms with Crippen molar-refractivity contribution in [3.8, 4) is 0 Å². The van der Waals surface area contributed by atoms with Gasteiger partial charge in [0.2, 0.25) is 5.91 Å². The van der Waals surface area contributed by atoms with E-state index in [1.54, 1.807) is 29.8 Å². The summed E-state index contributed by atoms with van der Waals surface area (Å²) in [5.41, 5.74) is 2.42. The Bertz CT molecular complexity index is 1090. The Morgan fingerprint density at radius 2 is 1.75 bits per heavy atom. The van der Waals surface area contributed by atoms with Gasteiger partial charge in [-0.15, -0.1) is 0 Å². The summed E-state index contributed by atoms with van der Waals surface area (Å²) in [5.74, 6) is 0.0406. The minimum atomic E-state index is -4.46. The molecule has 2 atom stereocenters. The number of hydrogen-bond donors (Lipinski definition) is 0. The van der Waals surface area contributed by atoms with Crippen LogP contribution in [0.5, 0.6) is 0 Å². The first kappa shape index (κ1) is 27.6. The lowest BCUT2D eigenvalue weighted by Crippen LogP contribution is -2.55. The topological polar surface area (TPSA) is 43.9 Å². The van der Waals surface area contributed by atoms with Crippen LogP contribution in [0.25, 0.3) is 0 Å². The molecule has 1 aliphatic rings. The van der Waals surface area contributed by atoms with Gasteiger partial charge in [-0.3, -0.25) is 4.79 Å². The fraction of sp³-hybridized carbons (Fsp3) is 0.500. The molecule has 3 rings (SSSR count). The molecule has 0 aliphatic carbocycles. The van der Waals surface area contributed by atoms with Crippen LogP contribution >= 0.6 is 0 Å². The zero-order chi connectivity index (χ0) is 26.6. The average Bonchev–Trinajstić information content (AvgIpc) is 2.90. The molecule has 1 aliphatic heterocycles. The number of alkyl halides is 3. The lowest BCUT2D eigenvalue weighted by Gasteiger charge is -2.44. The third-order valence-corrected chi connectivity index (χ3v) is 7.19. The summed E-state index contributed by atoms with van der Waals surface area (Å²) in [4.78, 5) is 31.4. The number of piperazine rings is 1. The van der Waals surface area contributed by atoms with Gasteiger partial charge >= 0.3 is 12.2 Å². The van der Waals surface area contributed by atoms with E-state index in [0.29, 0.717) is 43.6 Å². The van der Waals surface area contributed by atoms with E-state index in [-0.39, 0.29) is 18.0 Å². The highest BCUT2D eigenvalue weighted by atomic mass is 19.4. The van der Waals surface area contributed by atoms with E-state index >= 15 is 0 Å². The normalized spacial score (nSPS) is 17.2. The van der Waals surface area contributed by atoms with Crippen LogP contribution in [0.15, 0.2) is 42.5 Å². The molecule has 1 heterocycles. The summed E-state index contributed by atoms with van der Waals surface area (Å²) in [7, 11) is 1.63. The molecule has 3 amide bonds. The molecule has 1 saturated heterocycles. The molecule has 1 unspecified atom stereocenters. The number of carbonyl (C=O) groups excluding carboxylic acids is 2. The Morgan fingerprint density at radius 3 is 2.36 bits per heavy atom. The first-order valence-corrected chi connectivity index (χ1v) is 12.6. The second-order valence-corrected chi connectivity index (χ2v) is 9.34. The van der Waals surface area contributed by atoms with Crippen LogP contribution in [0, 0.1) is 0 Å². The van der Waals surface area contributed by atoms with Crippen LogP contribution in [0.1, 0.15) is 74.0 Å². The van der Waals surface area contributed by atoms with Gasteiger partial charge in [0.1, 0.15) is 0 Å². The second-order valence-electron chi connectivity index (χ2n) is 9.34. The average molecular weight is 504 g/mol. The summed E-state index contributed by atoms with van der Waals surface area (Å²) in [6.07, 6.45) is -2.82. The summed E-state index contributed by atoms with van der Waals surface area (Å²) in [5, 5.41) is 0. The zero-order valence-electron chi connectivity index (χ0n) is 21.7. The van der Waals surface area contributed by atoms with Gasteiger partial charge in [-0.1, -0.05) is 51.1 Å². The minimum Gasteiger partial charge on any atom is -0.339 e. The van der Waals surface area contributed by atoms with E-state index in [9.17, 15) is 22.8 Å². The van der Waals surface area contributed by atoms with Crippen LogP contribution in [-0.2, 0) is 23.8 Å². The fourth-order valence-electron chi connectivity index (χ4n) is 4.83. The summed E-state index contributed by atoms with van der Waals surface area (Å²) < 4.78 is 40.6. The van der Waals surface area contributed by atoms with Crippen molar-refractivity contribution in [3.63, 3.8) is 0 Å².